The summed E-state index contributed by atoms with van der Waals surface area (Å²) in [4.78, 5) is 24.1. The van der Waals surface area contributed by atoms with Crippen LogP contribution in [0.1, 0.15) is 26.2 Å². The van der Waals surface area contributed by atoms with Crippen molar-refractivity contribution in [3.63, 3.8) is 0 Å². The van der Waals surface area contributed by atoms with Crippen LogP contribution in [0.25, 0.3) is 0 Å². The molecule has 0 aromatic heterocycles. The van der Waals surface area contributed by atoms with Crippen LogP contribution in [0.5, 0.6) is 0 Å². The summed E-state index contributed by atoms with van der Waals surface area (Å²) >= 11 is 0. The van der Waals surface area contributed by atoms with Crippen molar-refractivity contribution in [3.8, 4) is 0 Å². The van der Waals surface area contributed by atoms with Gasteiger partial charge in [0, 0.05) is 20.0 Å². The summed E-state index contributed by atoms with van der Waals surface area (Å²) in [6.45, 7) is 6.47. The van der Waals surface area contributed by atoms with Gasteiger partial charge in [-0.1, -0.05) is 6.58 Å². The Balaban J connectivity index is 2.46. The van der Waals surface area contributed by atoms with Gasteiger partial charge < -0.3 is 10.2 Å². The number of piperidine rings is 1. The highest BCUT2D eigenvalue weighted by Crippen LogP contribution is 2.10. The Morgan fingerprint density at radius 2 is 1.79 bits per heavy atom. The first-order valence-electron chi connectivity index (χ1n) is 4.87. The number of likely N-dealkylation sites (tertiary alicyclic amines) is 1. The van der Waals surface area contributed by atoms with Crippen LogP contribution in [-0.2, 0) is 9.59 Å². The molecule has 0 aromatic carbocycles. The average Bonchev–Trinajstić information content (AvgIpc) is 2.17. The summed E-state index contributed by atoms with van der Waals surface area (Å²) in [5.41, 5.74) is 0.180. The monoisotopic (exact) mass is 196 g/mol. The second-order valence-corrected chi connectivity index (χ2v) is 3.51. The van der Waals surface area contributed by atoms with E-state index >= 15 is 0 Å². The number of hydrogen-bond acceptors (Lipinski definition) is 2. The topological polar surface area (TPSA) is 49.4 Å². The molecule has 4 nitrogen and oxygen atoms in total. The van der Waals surface area contributed by atoms with Gasteiger partial charge in [-0.25, -0.2) is 0 Å². The molecule has 0 spiro atoms. The van der Waals surface area contributed by atoms with E-state index in [-0.39, 0.29) is 17.5 Å². The summed E-state index contributed by atoms with van der Waals surface area (Å²) in [7, 11) is 0. The highest BCUT2D eigenvalue weighted by Gasteiger charge is 2.19. The van der Waals surface area contributed by atoms with Gasteiger partial charge in [-0.05, 0) is 19.3 Å². The maximum Gasteiger partial charge on any atom is 0.269 e. The van der Waals surface area contributed by atoms with Crippen molar-refractivity contribution in [2.45, 2.75) is 26.2 Å². The SMILES string of the molecule is C=C(NC(C)=O)C(=O)N1CCCCC1. The molecule has 0 radical (unpaired) electrons. The van der Waals surface area contributed by atoms with Crippen molar-refractivity contribution in [3.05, 3.63) is 12.3 Å². The minimum atomic E-state index is -0.250. The summed E-state index contributed by atoms with van der Waals surface area (Å²) in [6, 6.07) is 0. The van der Waals surface area contributed by atoms with Gasteiger partial charge in [0.25, 0.3) is 5.91 Å². The van der Waals surface area contributed by atoms with Gasteiger partial charge in [0.15, 0.2) is 0 Å². The number of carbonyl (C=O) groups excluding carboxylic acids is 2. The Labute approximate surface area is 84.0 Å². The van der Waals surface area contributed by atoms with Crippen LogP contribution < -0.4 is 5.32 Å². The molecule has 1 rings (SSSR count). The molecule has 0 atom stereocenters. The number of amides is 2. The van der Waals surface area contributed by atoms with Gasteiger partial charge in [0.05, 0.1) is 5.70 Å². The maximum absolute atomic E-state index is 11.6. The lowest BCUT2D eigenvalue weighted by Gasteiger charge is -2.27. The van der Waals surface area contributed by atoms with Gasteiger partial charge in [-0.2, -0.15) is 0 Å². The zero-order chi connectivity index (χ0) is 10.6. The van der Waals surface area contributed by atoms with Crippen LogP contribution in [0.4, 0.5) is 0 Å². The van der Waals surface area contributed by atoms with E-state index in [2.05, 4.69) is 11.9 Å². The number of rotatable bonds is 2. The zero-order valence-corrected chi connectivity index (χ0v) is 8.51. The number of nitrogens with zero attached hydrogens (tertiary/aromatic N) is 1. The first-order valence-corrected chi connectivity index (χ1v) is 4.87. The van der Waals surface area contributed by atoms with Crippen molar-refractivity contribution in [1.82, 2.24) is 10.2 Å². The minimum absolute atomic E-state index is 0.153. The predicted octanol–water partition coefficient (Wildman–Crippen LogP) is 0.649. The van der Waals surface area contributed by atoms with E-state index in [1.54, 1.807) is 4.90 Å². The Bertz CT molecular complexity index is 255. The molecule has 0 aromatic rings. The standard InChI is InChI=1S/C10H16N2O2/c1-8(11-9(2)13)10(14)12-6-4-3-5-7-12/h1,3-7H2,2H3,(H,11,13). The summed E-state index contributed by atoms with van der Waals surface area (Å²) < 4.78 is 0. The molecule has 0 aliphatic carbocycles. The average molecular weight is 196 g/mol. The molecule has 0 bridgehead atoms. The minimum Gasteiger partial charge on any atom is -0.337 e. The molecule has 1 aliphatic heterocycles. The smallest absolute Gasteiger partial charge is 0.269 e. The zero-order valence-electron chi connectivity index (χ0n) is 8.51. The van der Waals surface area contributed by atoms with E-state index in [0.717, 1.165) is 25.9 Å². The fraction of sp³-hybridized carbons (Fsp3) is 0.600. The predicted molar refractivity (Wildman–Crippen MR) is 53.4 cm³/mol. The van der Waals surface area contributed by atoms with Crippen LogP contribution in [0.2, 0.25) is 0 Å². The lowest BCUT2D eigenvalue weighted by molar-refractivity contribution is -0.130. The van der Waals surface area contributed by atoms with Crippen LogP contribution >= 0.6 is 0 Å². The van der Waals surface area contributed by atoms with Crippen LogP contribution in [-0.4, -0.2) is 29.8 Å². The van der Waals surface area contributed by atoms with Gasteiger partial charge in [0.1, 0.15) is 0 Å². The lowest BCUT2D eigenvalue weighted by Crippen LogP contribution is -2.40. The molecule has 0 unspecified atom stereocenters. The van der Waals surface area contributed by atoms with Crippen LogP contribution in [0.3, 0.4) is 0 Å². The molecule has 2 amide bonds. The molecule has 1 saturated heterocycles. The molecule has 4 heteroatoms. The fourth-order valence-electron chi connectivity index (χ4n) is 1.55. The summed E-state index contributed by atoms with van der Waals surface area (Å²) in [6.07, 6.45) is 3.26. The quantitative estimate of drug-likeness (QED) is 0.659. The fourth-order valence-corrected chi connectivity index (χ4v) is 1.55. The van der Waals surface area contributed by atoms with Gasteiger partial charge in [0.2, 0.25) is 5.91 Å². The van der Waals surface area contributed by atoms with Crippen molar-refractivity contribution < 1.29 is 9.59 Å². The van der Waals surface area contributed by atoms with Crippen LogP contribution in [0.15, 0.2) is 12.3 Å². The molecule has 1 N–H and O–H groups in total. The third kappa shape index (κ3) is 2.87. The molecule has 14 heavy (non-hydrogen) atoms. The van der Waals surface area contributed by atoms with Crippen molar-refractivity contribution in [2.24, 2.45) is 0 Å². The molecule has 0 saturated carbocycles. The van der Waals surface area contributed by atoms with Gasteiger partial charge in [-0.3, -0.25) is 9.59 Å². The molecular weight excluding hydrogens is 180 g/mol. The van der Waals surface area contributed by atoms with Gasteiger partial charge >= 0.3 is 0 Å². The van der Waals surface area contributed by atoms with Crippen molar-refractivity contribution in [1.29, 1.82) is 0 Å². The second kappa shape index (κ2) is 4.79. The van der Waals surface area contributed by atoms with E-state index in [0.29, 0.717) is 0 Å². The highest BCUT2D eigenvalue weighted by molar-refractivity contribution is 5.96. The lowest BCUT2D eigenvalue weighted by atomic mass is 10.1. The van der Waals surface area contributed by atoms with Crippen molar-refractivity contribution >= 4 is 11.8 Å². The maximum atomic E-state index is 11.6. The Hall–Kier alpha value is -1.32. The second-order valence-electron chi connectivity index (χ2n) is 3.51. The molecular formula is C10H16N2O2. The number of hydrogen-bond donors (Lipinski definition) is 1. The first kappa shape index (κ1) is 10.8. The Morgan fingerprint density at radius 3 is 2.29 bits per heavy atom. The van der Waals surface area contributed by atoms with E-state index in [1.807, 2.05) is 0 Å². The van der Waals surface area contributed by atoms with E-state index in [4.69, 9.17) is 0 Å². The largest absolute Gasteiger partial charge is 0.337 e. The Morgan fingerprint density at radius 1 is 1.21 bits per heavy atom. The number of carbonyl (C=O) groups is 2. The molecule has 1 heterocycles. The summed E-state index contributed by atoms with van der Waals surface area (Å²) in [5, 5.41) is 2.42. The highest BCUT2D eigenvalue weighted by atomic mass is 16.2. The van der Waals surface area contributed by atoms with Gasteiger partial charge in [-0.15, -0.1) is 0 Å². The Kier molecular flexibility index (Phi) is 3.68. The van der Waals surface area contributed by atoms with E-state index in [1.165, 1.54) is 13.3 Å². The van der Waals surface area contributed by atoms with E-state index in [9.17, 15) is 9.59 Å². The molecule has 78 valence electrons. The summed E-state index contributed by atoms with van der Waals surface area (Å²) in [5.74, 6) is -0.403. The van der Waals surface area contributed by atoms with Crippen molar-refractivity contribution in [2.75, 3.05) is 13.1 Å². The third-order valence-corrected chi connectivity index (χ3v) is 2.23. The van der Waals surface area contributed by atoms with E-state index < -0.39 is 0 Å². The molecule has 1 aliphatic rings. The normalized spacial score (nSPS) is 16.2. The van der Waals surface area contributed by atoms with Crippen LogP contribution in [0, 0.1) is 0 Å². The third-order valence-electron chi connectivity index (χ3n) is 2.23. The number of nitrogens with one attached hydrogen (secondary N) is 1. The first-order chi connectivity index (χ1) is 6.61. The molecule has 1 fully saturated rings.